The van der Waals surface area contributed by atoms with Crippen molar-refractivity contribution in [3.05, 3.63) is 0 Å². The largest absolute Gasteiger partial charge is 0.465 e. The molecule has 0 amide bonds. The van der Waals surface area contributed by atoms with Crippen molar-refractivity contribution >= 4 is 11.9 Å². The maximum absolute atomic E-state index is 12.4. The normalized spacial score (nSPS) is 12.6. The minimum atomic E-state index is -1.23. The third-order valence-corrected chi connectivity index (χ3v) is 5.50. The van der Waals surface area contributed by atoms with E-state index >= 15 is 0 Å². The monoisotopic (exact) mass is 398 g/mol. The number of ether oxygens (including phenoxy) is 2. The van der Waals surface area contributed by atoms with Gasteiger partial charge in [-0.2, -0.15) is 0 Å². The Bertz CT molecular complexity index is 403. The highest BCUT2D eigenvalue weighted by Gasteiger charge is 2.39. The van der Waals surface area contributed by atoms with Crippen LogP contribution < -0.4 is 0 Å². The van der Waals surface area contributed by atoms with E-state index in [9.17, 15) is 9.59 Å². The molecule has 0 saturated heterocycles. The first kappa shape index (κ1) is 26.9. The van der Waals surface area contributed by atoms with Crippen LogP contribution in [0.5, 0.6) is 0 Å². The molecular weight excluding hydrogens is 352 g/mol. The average molecular weight is 399 g/mol. The molecule has 0 saturated carbocycles. The molecule has 166 valence electrons. The van der Waals surface area contributed by atoms with Gasteiger partial charge in [-0.1, -0.05) is 91.4 Å². The van der Waals surface area contributed by atoms with Gasteiger partial charge >= 0.3 is 11.9 Å². The fraction of sp³-hybridized carbons (Fsp3) is 0.917. The van der Waals surface area contributed by atoms with Crippen LogP contribution in [0.15, 0.2) is 0 Å². The molecule has 0 bridgehead atoms. The molecular formula is C24H46O4. The smallest absolute Gasteiger partial charge is 0.322 e. The Labute approximate surface area is 174 Å². The van der Waals surface area contributed by atoms with Crippen molar-refractivity contribution in [2.45, 2.75) is 118 Å². The summed E-state index contributed by atoms with van der Waals surface area (Å²) < 4.78 is 10.8. The topological polar surface area (TPSA) is 52.6 Å². The van der Waals surface area contributed by atoms with Crippen LogP contribution >= 0.6 is 0 Å². The number of carbonyl (C=O) groups excluding carboxylic acids is 2. The Hall–Kier alpha value is -1.06. The van der Waals surface area contributed by atoms with E-state index in [1.54, 1.807) is 13.8 Å². The summed E-state index contributed by atoms with van der Waals surface area (Å²) in [5.41, 5.74) is -1.23. The van der Waals surface area contributed by atoms with E-state index in [1.165, 1.54) is 44.9 Å². The lowest BCUT2D eigenvalue weighted by atomic mass is 9.93. The van der Waals surface area contributed by atoms with Crippen molar-refractivity contribution in [2.75, 3.05) is 13.2 Å². The average Bonchev–Trinajstić information content (AvgIpc) is 2.69. The van der Waals surface area contributed by atoms with Crippen LogP contribution in [-0.2, 0) is 19.1 Å². The standard InChI is InChI=1S/C24H46O4/c1-6-9-11-12-13-14-15-16-17-19-27-22(25)24(4,5)23(26)28-20-21(8-3)18-10-7-2/h21H,6-20H2,1-5H3. The molecule has 0 N–H and O–H groups in total. The van der Waals surface area contributed by atoms with Gasteiger partial charge in [-0.05, 0) is 32.6 Å². The number of hydrogen-bond acceptors (Lipinski definition) is 4. The number of esters is 2. The molecule has 0 aromatic rings. The van der Waals surface area contributed by atoms with Crippen molar-refractivity contribution < 1.29 is 19.1 Å². The van der Waals surface area contributed by atoms with Crippen LogP contribution in [-0.4, -0.2) is 25.2 Å². The van der Waals surface area contributed by atoms with E-state index < -0.39 is 17.4 Å². The fourth-order valence-electron chi connectivity index (χ4n) is 3.11. The van der Waals surface area contributed by atoms with E-state index in [1.807, 2.05) is 0 Å². The van der Waals surface area contributed by atoms with E-state index in [0.29, 0.717) is 19.1 Å². The summed E-state index contributed by atoms with van der Waals surface area (Å²) in [5.74, 6) is -0.573. The second-order valence-electron chi connectivity index (χ2n) is 8.60. The molecule has 0 aliphatic carbocycles. The first-order valence-corrected chi connectivity index (χ1v) is 11.7. The molecule has 0 spiro atoms. The Morgan fingerprint density at radius 2 is 1.21 bits per heavy atom. The van der Waals surface area contributed by atoms with Gasteiger partial charge in [-0.3, -0.25) is 9.59 Å². The van der Waals surface area contributed by atoms with E-state index in [-0.39, 0.29) is 0 Å². The number of rotatable bonds is 18. The first-order chi connectivity index (χ1) is 13.4. The number of carbonyl (C=O) groups is 2. The summed E-state index contributed by atoms with van der Waals surface area (Å²) in [6, 6.07) is 0. The van der Waals surface area contributed by atoms with Crippen molar-refractivity contribution in [1.82, 2.24) is 0 Å². The molecule has 0 aromatic heterocycles. The van der Waals surface area contributed by atoms with Gasteiger partial charge in [0.05, 0.1) is 13.2 Å². The Kier molecular flexibility index (Phi) is 16.2. The van der Waals surface area contributed by atoms with Crippen LogP contribution in [0.4, 0.5) is 0 Å². The van der Waals surface area contributed by atoms with Crippen molar-refractivity contribution in [3.8, 4) is 0 Å². The summed E-state index contributed by atoms with van der Waals surface area (Å²) in [4.78, 5) is 24.7. The molecule has 4 nitrogen and oxygen atoms in total. The Balaban J connectivity index is 3.95. The van der Waals surface area contributed by atoms with Crippen LogP contribution in [0.3, 0.4) is 0 Å². The third-order valence-electron chi connectivity index (χ3n) is 5.50. The molecule has 4 heteroatoms. The van der Waals surface area contributed by atoms with Gasteiger partial charge in [0.25, 0.3) is 0 Å². The molecule has 0 radical (unpaired) electrons. The van der Waals surface area contributed by atoms with Crippen LogP contribution in [0, 0.1) is 11.3 Å². The fourth-order valence-corrected chi connectivity index (χ4v) is 3.11. The van der Waals surface area contributed by atoms with E-state index in [4.69, 9.17) is 9.47 Å². The third kappa shape index (κ3) is 12.4. The molecule has 0 aliphatic heterocycles. The van der Waals surface area contributed by atoms with Gasteiger partial charge in [0.1, 0.15) is 0 Å². The summed E-state index contributed by atoms with van der Waals surface area (Å²) >= 11 is 0. The molecule has 0 aliphatic rings. The predicted molar refractivity (Wildman–Crippen MR) is 116 cm³/mol. The minimum absolute atomic E-state index is 0.373. The lowest BCUT2D eigenvalue weighted by Crippen LogP contribution is -2.37. The zero-order valence-corrected chi connectivity index (χ0v) is 19.3. The first-order valence-electron chi connectivity index (χ1n) is 11.7. The highest BCUT2D eigenvalue weighted by molar-refractivity contribution is 5.99. The van der Waals surface area contributed by atoms with E-state index in [2.05, 4.69) is 20.8 Å². The Morgan fingerprint density at radius 1 is 0.714 bits per heavy atom. The molecule has 28 heavy (non-hydrogen) atoms. The zero-order chi connectivity index (χ0) is 21.3. The molecule has 0 fully saturated rings. The highest BCUT2D eigenvalue weighted by atomic mass is 16.6. The van der Waals surface area contributed by atoms with Crippen LogP contribution in [0.25, 0.3) is 0 Å². The van der Waals surface area contributed by atoms with Crippen molar-refractivity contribution in [1.29, 1.82) is 0 Å². The van der Waals surface area contributed by atoms with Crippen molar-refractivity contribution in [2.24, 2.45) is 11.3 Å². The van der Waals surface area contributed by atoms with Crippen LogP contribution in [0.1, 0.15) is 118 Å². The molecule has 1 atom stereocenters. The van der Waals surface area contributed by atoms with Gasteiger partial charge < -0.3 is 9.47 Å². The van der Waals surface area contributed by atoms with Gasteiger partial charge in [-0.15, -0.1) is 0 Å². The lowest BCUT2D eigenvalue weighted by Gasteiger charge is -2.22. The van der Waals surface area contributed by atoms with Crippen molar-refractivity contribution in [3.63, 3.8) is 0 Å². The maximum atomic E-state index is 12.4. The minimum Gasteiger partial charge on any atom is -0.465 e. The maximum Gasteiger partial charge on any atom is 0.322 e. The zero-order valence-electron chi connectivity index (χ0n) is 19.3. The van der Waals surface area contributed by atoms with Crippen LogP contribution in [0.2, 0.25) is 0 Å². The SMILES string of the molecule is CCCCCCCCCCCOC(=O)C(C)(C)C(=O)OCC(CC)CCCC. The lowest BCUT2D eigenvalue weighted by molar-refractivity contribution is -0.170. The van der Waals surface area contributed by atoms with Gasteiger partial charge in [0, 0.05) is 0 Å². The van der Waals surface area contributed by atoms with Gasteiger partial charge in [0.15, 0.2) is 5.41 Å². The predicted octanol–water partition coefficient (Wildman–Crippen LogP) is 6.85. The molecule has 1 unspecified atom stereocenters. The van der Waals surface area contributed by atoms with Gasteiger partial charge in [-0.25, -0.2) is 0 Å². The molecule has 0 rings (SSSR count). The quantitative estimate of drug-likeness (QED) is 0.144. The number of unbranched alkanes of at least 4 members (excludes halogenated alkanes) is 9. The summed E-state index contributed by atoms with van der Waals surface area (Å²) in [6.07, 6.45) is 15.3. The summed E-state index contributed by atoms with van der Waals surface area (Å²) in [5, 5.41) is 0. The molecule has 0 heterocycles. The van der Waals surface area contributed by atoms with E-state index in [0.717, 1.165) is 38.5 Å². The number of hydrogen-bond donors (Lipinski definition) is 0. The second kappa shape index (κ2) is 16.9. The second-order valence-corrected chi connectivity index (χ2v) is 8.60. The summed E-state index contributed by atoms with van der Waals surface area (Å²) in [7, 11) is 0. The highest BCUT2D eigenvalue weighted by Crippen LogP contribution is 2.22. The Morgan fingerprint density at radius 3 is 1.75 bits per heavy atom. The summed E-state index contributed by atoms with van der Waals surface area (Å²) in [6.45, 7) is 10.5. The molecule has 0 aromatic carbocycles. The van der Waals surface area contributed by atoms with Gasteiger partial charge in [0.2, 0.25) is 0 Å².